The van der Waals surface area contributed by atoms with Crippen LogP contribution in [0.2, 0.25) is 0 Å². The maximum Gasteiger partial charge on any atom is 0.337 e. The molecule has 0 spiro atoms. The van der Waals surface area contributed by atoms with Crippen LogP contribution in [-0.4, -0.2) is 33.1 Å². The first-order valence-corrected chi connectivity index (χ1v) is 8.39. The average Bonchev–Trinajstić information content (AvgIpc) is 2.65. The minimum absolute atomic E-state index is 0.134. The molecule has 0 atom stereocenters. The third kappa shape index (κ3) is 3.25. The van der Waals surface area contributed by atoms with Gasteiger partial charge in [0, 0.05) is 17.5 Å². The Morgan fingerprint density at radius 3 is 2.64 bits per heavy atom. The van der Waals surface area contributed by atoms with Crippen molar-refractivity contribution in [2.45, 2.75) is 4.90 Å². The fraction of sp³-hybridized carbons (Fsp3) is 0.158. The van der Waals surface area contributed by atoms with Gasteiger partial charge in [-0.3, -0.25) is 4.79 Å². The number of carbonyl (C=O) groups is 2. The zero-order valence-electron chi connectivity index (χ0n) is 14.1. The largest absolute Gasteiger partial charge is 0.496 e. The lowest BCUT2D eigenvalue weighted by molar-refractivity contribution is -0.114. The SMILES string of the molecule is COC(=O)c1ccc2c(c1)N(C)C(=O)C(=Cc1ccccc1OC)S2. The normalized spacial score (nSPS) is 15.1. The Balaban J connectivity index is 2.01. The number of hydrogen-bond donors (Lipinski definition) is 0. The number of nitrogens with zero attached hydrogens (tertiary/aromatic N) is 1. The molecule has 0 saturated carbocycles. The first-order valence-electron chi connectivity index (χ1n) is 7.58. The molecule has 1 heterocycles. The van der Waals surface area contributed by atoms with Gasteiger partial charge in [0.2, 0.25) is 0 Å². The lowest BCUT2D eigenvalue weighted by Crippen LogP contribution is -2.30. The molecule has 1 amide bonds. The van der Waals surface area contributed by atoms with Crippen molar-refractivity contribution in [2.24, 2.45) is 0 Å². The molecule has 2 aromatic rings. The molecule has 128 valence electrons. The molecule has 0 bridgehead atoms. The summed E-state index contributed by atoms with van der Waals surface area (Å²) < 4.78 is 10.1. The Kier molecular flexibility index (Phi) is 4.81. The van der Waals surface area contributed by atoms with Gasteiger partial charge in [0.15, 0.2) is 0 Å². The molecule has 25 heavy (non-hydrogen) atoms. The van der Waals surface area contributed by atoms with E-state index in [1.807, 2.05) is 36.4 Å². The zero-order valence-corrected chi connectivity index (χ0v) is 14.9. The summed E-state index contributed by atoms with van der Waals surface area (Å²) in [5.41, 5.74) is 1.94. The second-order valence-electron chi connectivity index (χ2n) is 5.39. The van der Waals surface area contributed by atoms with Crippen molar-refractivity contribution in [3.05, 3.63) is 58.5 Å². The number of ether oxygens (including phenoxy) is 2. The zero-order chi connectivity index (χ0) is 18.0. The molecule has 1 aliphatic heterocycles. The smallest absolute Gasteiger partial charge is 0.337 e. The molecule has 0 fully saturated rings. The molecule has 0 N–H and O–H groups in total. The summed E-state index contributed by atoms with van der Waals surface area (Å²) in [5.74, 6) is 0.146. The molecule has 0 aromatic heterocycles. The van der Waals surface area contributed by atoms with Crippen LogP contribution in [0.1, 0.15) is 15.9 Å². The van der Waals surface area contributed by atoms with E-state index in [1.54, 1.807) is 31.2 Å². The number of anilines is 1. The van der Waals surface area contributed by atoms with Crippen LogP contribution in [0.4, 0.5) is 5.69 Å². The van der Waals surface area contributed by atoms with E-state index in [1.165, 1.54) is 18.9 Å². The van der Waals surface area contributed by atoms with E-state index in [0.717, 1.165) is 10.5 Å². The molecule has 3 rings (SSSR count). The fourth-order valence-electron chi connectivity index (χ4n) is 2.57. The molecular formula is C19H17NO4S. The molecule has 0 aliphatic carbocycles. The van der Waals surface area contributed by atoms with Gasteiger partial charge in [-0.05, 0) is 30.3 Å². The Morgan fingerprint density at radius 1 is 1.16 bits per heavy atom. The number of methoxy groups -OCH3 is 2. The van der Waals surface area contributed by atoms with Gasteiger partial charge in [0.25, 0.3) is 5.91 Å². The highest BCUT2D eigenvalue weighted by molar-refractivity contribution is 8.04. The first kappa shape index (κ1) is 17.1. The van der Waals surface area contributed by atoms with Gasteiger partial charge in [-0.1, -0.05) is 30.0 Å². The molecule has 0 unspecified atom stereocenters. The van der Waals surface area contributed by atoms with E-state index >= 15 is 0 Å². The molecule has 0 radical (unpaired) electrons. The van der Waals surface area contributed by atoms with Crippen LogP contribution >= 0.6 is 11.8 Å². The second kappa shape index (κ2) is 7.03. The highest BCUT2D eigenvalue weighted by Gasteiger charge is 2.27. The minimum atomic E-state index is -0.427. The first-order chi connectivity index (χ1) is 12.0. The molecule has 2 aromatic carbocycles. The van der Waals surface area contributed by atoms with Crippen LogP contribution in [0.25, 0.3) is 6.08 Å². The van der Waals surface area contributed by atoms with Gasteiger partial charge in [-0.2, -0.15) is 0 Å². The maximum atomic E-state index is 12.7. The van der Waals surface area contributed by atoms with Crippen molar-refractivity contribution in [1.29, 1.82) is 0 Å². The monoisotopic (exact) mass is 355 g/mol. The molecule has 1 aliphatic rings. The highest BCUT2D eigenvalue weighted by Crippen LogP contribution is 2.42. The number of likely N-dealkylation sites (N-methyl/N-ethyl adjacent to an activating group) is 1. The molecule has 6 heteroatoms. The predicted octanol–water partition coefficient (Wildman–Crippen LogP) is 3.59. The summed E-state index contributed by atoms with van der Waals surface area (Å²) in [7, 11) is 4.63. The molecular weight excluding hydrogens is 338 g/mol. The van der Waals surface area contributed by atoms with Crippen molar-refractivity contribution < 1.29 is 19.1 Å². The van der Waals surface area contributed by atoms with E-state index in [4.69, 9.17) is 9.47 Å². The van der Waals surface area contributed by atoms with Gasteiger partial charge in [0.1, 0.15) is 5.75 Å². The Labute approximate surface area is 150 Å². The lowest BCUT2D eigenvalue weighted by atomic mass is 10.1. The fourth-order valence-corrected chi connectivity index (χ4v) is 3.65. The lowest BCUT2D eigenvalue weighted by Gasteiger charge is -2.27. The van der Waals surface area contributed by atoms with Crippen molar-refractivity contribution >= 4 is 35.4 Å². The molecule has 5 nitrogen and oxygen atoms in total. The number of esters is 1. The summed E-state index contributed by atoms with van der Waals surface area (Å²) in [6.45, 7) is 0. The number of rotatable bonds is 3. The predicted molar refractivity (Wildman–Crippen MR) is 98.0 cm³/mol. The van der Waals surface area contributed by atoms with E-state index in [2.05, 4.69) is 0 Å². The van der Waals surface area contributed by atoms with Crippen molar-refractivity contribution in [2.75, 3.05) is 26.2 Å². The van der Waals surface area contributed by atoms with Gasteiger partial charge >= 0.3 is 5.97 Å². The second-order valence-corrected chi connectivity index (χ2v) is 6.47. The van der Waals surface area contributed by atoms with Gasteiger partial charge in [-0.25, -0.2) is 4.79 Å². The standard InChI is InChI=1S/C19H17NO4S/c1-20-14-10-13(19(22)24-3)8-9-16(14)25-17(18(20)21)11-12-6-4-5-7-15(12)23-2/h4-11H,1-3H3. The quantitative estimate of drug-likeness (QED) is 0.622. The van der Waals surface area contributed by atoms with Gasteiger partial charge in [-0.15, -0.1) is 0 Å². The topological polar surface area (TPSA) is 55.8 Å². The van der Waals surface area contributed by atoms with Crippen LogP contribution in [0.5, 0.6) is 5.75 Å². The van der Waals surface area contributed by atoms with E-state index in [9.17, 15) is 9.59 Å². The number of para-hydroxylation sites is 1. The number of amides is 1. The van der Waals surface area contributed by atoms with E-state index < -0.39 is 5.97 Å². The Bertz CT molecular complexity index is 875. The number of carbonyl (C=O) groups excluding carboxylic acids is 2. The average molecular weight is 355 g/mol. The van der Waals surface area contributed by atoms with Crippen LogP contribution < -0.4 is 9.64 Å². The summed E-state index contributed by atoms with van der Waals surface area (Å²) >= 11 is 1.37. The van der Waals surface area contributed by atoms with Gasteiger partial charge < -0.3 is 14.4 Å². The van der Waals surface area contributed by atoms with Crippen LogP contribution in [0.3, 0.4) is 0 Å². The summed E-state index contributed by atoms with van der Waals surface area (Å²) in [6.07, 6.45) is 1.82. The van der Waals surface area contributed by atoms with Crippen LogP contribution in [0.15, 0.2) is 52.3 Å². The third-order valence-electron chi connectivity index (χ3n) is 3.90. The van der Waals surface area contributed by atoms with Crippen LogP contribution in [0, 0.1) is 0 Å². The third-order valence-corrected chi connectivity index (χ3v) is 4.98. The number of benzene rings is 2. The molecule has 0 saturated heterocycles. The Morgan fingerprint density at radius 2 is 1.92 bits per heavy atom. The van der Waals surface area contributed by atoms with E-state index in [-0.39, 0.29) is 5.91 Å². The summed E-state index contributed by atoms with van der Waals surface area (Å²) in [4.78, 5) is 27.5. The number of thioether (sulfide) groups is 1. The van der Waals surface area contributed by atoms with Gasteiger partial charge in [0.05, 0.1) is 30.4 Å². The Hall–Kier alpha value is -2.73. The van der Waals surface area contributed by atoms with Crippen molar-refractivity contribution in [3.8, 4) is 5.75 Å². The highest BCUT2D eigenvalue weighted by atomic mass is 32.2. The van der Waals surface area contributed by atoms with E-state index in [0.29, 0.717) is 21.9 Å². The van der Waals surface area contributed by atoms with Crippen molar-refractivity contribution in [3.63, 3.8) is 0 Å². The number of fused-ring (bicyclic) bond motifs is 1. The summed E-state index contributed by atoms with van der Waals surface area (Å²) in [6, 6.07) is 12.7. The van der Waals surface area contributed by atoms with Crippen LogP contribution in [-0.2, 0) is 9.53 Å². The number of hydrogen-bond acceptors (Lipinski definition) is 5. The maximum absolute atomic E-state index is 12.7. The summed E-state index contributed by atoms with van der Waals surface area (Å²) in [5, 5.41) is 0. The van der Waals surface area contributed by atoms with Crippen molar-refractivity contribution in [1.82, 2.24) is 0 Å². The minimum Gasteiger partial charge on any atom is -0.496 e.